The summed E-state index contributed by atoms with van der Waals surface area (Å²) in [7, 11) is 0. The molecule has 0 amide bonds. The number of nitrogens with zero attached hydrogens (tertiary/aromatic N) is 1. The normalized spacial score (nSPS) is 15.5. The van der Waals surface area contributed by atoms with Crippen molar-refractivity contribution in [3.05, 3.63) is 34.9 Å². The van der Waals surface area contributed by atoms with Crippen molar-refractivity contribution in [2.75, 3.05) is 19.6 Å². The molecule has 0 aromatic heterocycles. The number of nitrogens with one attached hydrogen (secondary N) is 5. The zero-order valence-corrected chi connectivity index (χ0v) is 14.0. The summed E-state index contributed by atoms with van der Waals surface area (Å²) >= 11 is 5.85. The van der Waals surface area contributed by atoms with Crippen LogP contribution in [-0.4, -0.2) is 36.6 Å². The van der Waals surface area contributed by atoms with E-state index in [-0.39, 0.29) is 11.9 Å². The van der Waals surface area contributed by atoms with E-state index in [2.05, 4.69) is 16.1 Å². The quantitative estimate of drug-likeness (QED) is 0.431. The van der Waals surface area contributed by atoms with Gasteiger partial charge in [-0.15, -0.1) is 0 Å². The summed E-state index contributed by atoms with van der Waals surface area (Å²) in [5.41, 5.74) is 4.17. The lowest BCUT2D eigenvalue weighted by Gasteiger charge is -2.23. The zero-order chi connectivity index (χ0) is 16.5. The van der Waals surface area contributed by atoms with Gasteiger partial charge in [0.25, 0.3) is 0 Å². The Kier molecular flexibility index (Phi) is 7.16. The van der Waals surface area contributed by atoms with Crippen LogP contribution in [0.4, 0.5) is 0 Å². The molecule has 0 saturated carbocycles. The molecule has 1 aromatic carbocycles. The average molecular weight is 337 g/mol. The van der Waals surface area contributed by atoms with Gasteiger partial charge in [0.15, 0.2) is 5.96 Å². The molecule has 0 bridgehead atoms. The number of hydrogen-bond donors (Lipinski definition) is 5. The summed E-state index contributed by atoms with van der Waals surface area (Å²) < 4.78 is 0. The molecule has 7 heteroatoms. The third kappa shape index (κ3) is 6.88. The molecule has 0 aliphatic carbocycles. The molecule has 1 aliphatic rings. The SMILES string of the molecule is N=C(NCCc1ccc(Cl)cc1)NC(=N)NN1CCCCCC1. The van der Waals surface area contributed by atoms with Crippen molar-refractivity contribution in [1.82, 2.24) is 21.1 Å². The van der Waals surface area contributed by atoms with E-state index in [4.69, 9.17) is 22.4 Å². The van der Waals surface area contributed by atoms with E-state index in [0.717, 1.165) is 42.9 Å². The summed E-state index contributed by atoms with van der Waals surface area (Å²) in [6.45, 7) is 2.52. The third-order valence-electron chi connectivity index (χ3n) is 3.75. The molecule has 1 fully saturated rings. The molecule has 0 spiro atoms. The maximum absolute atomic E-state index is 7.89. The van der Waals surface area contributed by atoms with E-state index in [1.54, 1.807) is 0 Å². The number of halogens is 1. The molecular formula is C16H25ClN6. The van der Waals surface area contributed by atoms with Gasteiger partial charge in [-0.3, -0.25) is 21.6 Å². The van der Waals surface area contributed by atoms with Crippen molar-refractivity contribution in [3.8, 4) is 0 Å². The fraction of sp³-hybridized carbons (Fsp3) is 0.500. The summed E-state index contributed by atoms with van der Waals surface area (Å²) in [5.74, 6) is 0.266. The van der Waals surface area contributed by atoms with Crippen molar-refractivity contribution in [2.24, 2.45) is 0 Å². The van der Waals surface area contributed by atoms with Crippen LogP contribution in [0.25, 0.3) is 0 Å². The van der Waals surface area contributed by atoms with Crippen molar-refractivity contribution < 1.29 is 0 Å². The van der Waals surface area contributed by atoms with Crippen LogP contribution in [0.5, 0.6) is 0 Å². The second kappa shape index (κ2) is 9.37. The Morgan fingerprint density at radius 1 is 1.00 bits per heavy atom. The van der Waals surface area contributed by atoms with Gasteiger partial charge in [-0.2, -0.15) is 0 Å². The van der Waals surface area contributed by atoms with Gasteiger partial charge in [0.1, 0.15) is 0 Å². The Bertz CT molecular complexity index is 508. The van der Waals surface area contributed by atoms with Gasteiger partial charge in [-0.05, 0) is 37.0 Å². The van der Waals surface area contributed by atoms with Crippen LogP contribution in [0.15, 0.2) is 24.3 Å². The Hall–Kier alpha value is -1.79. The summed E-state index contributed by atoms with van der Waals surface area (Å²) in [6.07, 6.45) is 5.60. The van der Waals surface area contributed by atoms with Crippen molar-refractivity contribution in [3.63, 3.8) is 0 Å². The first kappa shape index (κ1) is 17.6. The van der Waals surface area contributed by atoms with Crippen LogP contribution >= 0.6 is 11.6 Å². The van der Waals surface area contributed by atoms with Crippen LogP contribution in [0.1, 0.15) is 31.2 Å². The maximum atomic E-state index is 7.89. The predicted molar refractivity (Wildman–Crippen MR) is 94.9 cm³/mol. The summed E-state index contributed by atoms with van der Waals surface area (Å²) in [6, 6.07) is 7.68. The summed E-state index contributed by atoms with van der Waals surface area (Å²) in [4.78, 5) is 0. The van der Waals surface area contributed by atoms with Crippen LogP contribution < -0.4 is 16.1 Å². The van der Waals surface area contributed by atoms with Crippen LogP contribution in [0.3, 0.4) is 0 Å². The molecule has 1 aliphatic heterocycles. The van der Waals surface area contributed by atoms with Gasteiger partial charge in [-0.25, -0.2) is 5.01 Å². The molecule has 0 radical (unpaired) electrons. The molecule has 2 rings (SSSR count). The molecule has 126 valence electrons. The first-order valence-electron chi connectivity index (χ1n) is 8.07. The largest absolute Gasteiger partial charge is 0.356 e. The number of rotatable bonds is 4. The van der Waals surface area contributed by atoms with Gasteiger partial charge in [0.2, 0.25) is 5.96 Å². The van der Waals surface area contributed by atoms with E-state index in [1.807, 2.05) is 29.3 Å². The van der Waals surface area contributed by atoms with Gasteiger partial charge >= 0.3 is 0 Å². The van der Waals surface area contributed by atoms with Gasteiger partial charge in [0, 0.05) is 24.7 Å². The number of guanidine groups is 2. The standard InChI is InChI=1S/C16H25ClN6/c17-14-7-5-13(6-8-14)9-10-20-15(18)21-16(19)22-23-11-3-1-2-4-12-23/h5-8H,1-4,9-12H2,(H5,18,19,20,21,22). The highest BCUT2D eigenvalue weighted by Crippen LogP contribution is 2.09. The minimum Gasteiger partial charge on any atom is -0.356 e. The molecule has 1 saturated heterocycles. The maximum Gasteiger partial charge on any atom is 0.210 e. The van der Waals surface area contributed by atoms with Gasteiger partial charge in [-0.1, -0.05) is 36.6 Å². The topological polar surface area (TPSA) is 87.0 Å². The molecule has 0 unspecified atom stereocenters. The van der Waals surface area contributed by atoms with E-state index >= 15 is 0 Å². The van der Waals surface area contributed by atoms with Crippen molar-refractivity contribution >= 4 is 23.5 Å². The first-order valence-corrected chi connectivity index (χ1v) is 8.45. The Labute approximate surface area is 142 Å². The lowest BCUT2D eigenvalue weighted by Crippen LogP contribution is -2.52. The van der Waals surface area contributed by atoms with E-state index in [1.165, 1.54) is 12.8 Å². The lowest BCUT2D eigenvalue weighted by atomic mass is 10.1. The Morgan fingerprint density at radius 2 is 1.65 bits per heavy atom. The average Bonchev–Trinajstić information content (AvgIpc) is 2.77. The minimum absolute atomic E-state index is 0.131. The van der Waals surface area contributed by atoms with Crippen LogP contribution in [0.2, 0.25) is 5.02 Å². The summed E-state index contributed by atoms with van der Waals surface area (Å²) in [5, 5.41) is 24.2. The number of hydrogen-bond acceptors (Lipinski definition) is 3. The van der Waals surface area contributed by atoms with Crippen molar-refractivity contribution in [2.45, 2.75) is 32.1 Å². The Balaban J connectivity index is 1.63. The molecule has 23 heavy (non-hydrogen) atoms. The highest BCUT2D eigenvalue weighted by atomic mass is 35.5. The molecule has 5 N–H and O–H groups in total. The first-order chi connectivity index (χ1) is 11.1. The highest BCUT2D eigenvalue weighted by Gasteiger charge is 2.10. The smallest absolute Gasteiger partial charge is 0.210 e. The second-order valence-corrected chi connectivity index (χ2v) is 6.13. The van der Waals surface area contributed by atoms with E-state index < -0.39 is 0 Å². The van der Waals surface area contributed by atoms with Gasteiger partial charge < -0.3 is 5.32 Å². The fourth-order valence-corrected chi connectivity index (χ4v) is 2.65. The molecule has 6 nitrogen and oxygen atoms in total. The minimum atomic E-state index is 0.131. The molecule has 1 heterocycles. The molecule has 1 aromatic rings. The van der Waals surface area contributed by atoms with E-state index in [9.17, 15) is 0 Å². The molecular weight excluding hydrogens is 312 g/mol. The van der Waals surface area contributed by atoms with E-state index in [0.29, 0.717) is 6.54 Å². The fourth-order valence-electron chi connectivity index (χ4n) is 2.52. The van der Waals surface area contributed by atoms with Crippen LogP contribution in [0, 0.1) is 10.8 Å². The predicted octanol–water partition coefficient (Wildman–Crippen LogP) is 2.31. The monoisotopic (exact) mass is 336 g/mol. The van der Waals surface area contributed by atoms with Gasteiger partial charge in [0.05, 0.1) is 0 Å². The third-order valence-corrected chi connectivity index (χ3v) is 4.01. The zero-order valence-electron chi connectivity index (χ0n) is 13.3. The van der Waals surface area contributed by atoms with Crippen LogP contribution in [-0.2, 0) is 6.42 Å². The number of hydrazine groups is 1. The number of benzene rings is 1. The molecule has 0 atom stereocenters. The Morgan fingerprint density at radius 3 is 2.30 bits per heavy atom. The second-order valence-electron chi connectivity index (χ2n) is 5.69. The lowest BCUT2D eigenvalue weighted by molar-refractivity contribution is 0.242. The van der Waals surface area contributed by atoms with Crippen molar-refractivity contribution in [1.29, 1.82) is 10.8 Å². The highest BCUT2D eigenvalue weighted by molar-refractivity contribution is 6.30.